The van der Waals surface area contributed by atoms with Gasteiger partial charge in [-0.25, -0.2) is 23.7 Å². The van der Waals surface area contributed by atoms with Gasteiger partial charge < -0.3 is 49.3 Å². The summed E-state index contributed by atoms with van der Waals surface area (Å²) in [7, 11) is -17.4. The summed E-state index contributed by atoms with van der Waals surface area (Å²) in [5.74, 6) is -1.43. The van der Waals surface area contributed by atoms with Crippen molar-refractivity contribution >= 4 is 35.6 Å². The Bertz CT molecular complexity index is 1090. The van der Waals surface area contributed by atoms with Crippen LogP contribution >= 0.6 is 23.5 Å². The number of rotatable bonds is 8. The molecule has 4 heterocycles. The first-order valence-corrected chi connectivity index (χ1v) is 13.3. The highest BCUT2D eigenvalue weighted by Crippen LogP contribution is 2.66. The molecule has 0 radical (unpaired) electrons. The predicted octanol–water partition coefficient (Wildman–Crippen LogP) is -4.98. The van der Waals surface area contributed by atoms with Gasteiger partial charge in [0.2, 0.25) is 12.0 Å². The highest BCUT2D eigenvalue weighted by atomic mass is 31.3. The molecular formula is C10H19N6O15P3. The molecule has 0 aromatic carbocycles. The molecule has 194 valence electrons. The first-order valence-electron chi connectivity index (χ1n) is 8.81. The quantitative estimate of drug-likeness (QED) is 0.0760. The van der Waals surface area contributed by atoms with E-state index in [1.165, 1.54) is 4.90 Å². The van der Waals surface area contributed by atoms with Gasteiger partial charge in [0.1, 0.15) is 18.5 Å². The first kappa shape index (κ1) is 26.3. The van der Waals surface area contributed by atoms with E-state index < -0.39 is 65.5 Å². The number of amidine groups is 1. The van der Waals surface area contributed by atoms with Gasteiger partial charge in [0.25, 0.3) is 5.85 Å². The predicted molar refractivity (Wildman–Crippen MR) is 101 cm³/mol. The van der Waals surface area contributed by atoms with Crippen LogP contribution in [-0.4, -0.2) is 101 Å². The van der Waals surface area contributed by atoms with E-state index in [9.17, 15) is 38.8 Å². The minimum Gasteiger partial charge on any atom is -0.386 e. The lowest BCUT2D eigenvalue weighted by Gasteiger charge is -2.33. The molecule has 0 aromatic heterocycles. The van der Waals surface area contributed by atoms with Crippen LogP contribution in [0.3, 0.4) is 0 Å². The molecule has 1 spiro atoms. The Labute approximate surface area is 188 Å². The van der Waals surface area contributed by atoms with Crippen molar-refractivity contribution in [2.45, 2.75) is 42.0 Å². The van der Waals surface area contributed by atoms with Crippen molar-refractivity contribution in [3.8, 4) is 0 Å². The maximum absolute atomic E-state index is 12.0. The molecule has 21 nitrogen and oxygen atoms in total. The van der Waals surface area contributed by atoms with Crippen LogP contribution in [0, 0.1) is 0 Å². The fourth-order valence-electron chi connectivity index (χ4n) is 3.52. The van der Waals surface area contributed by atoms with Crippen LogP contribution in [0.4, 0.5) is 0 Å². The standard InChI is InChI=1S/C10H19N6O15P3/c11-8(7(19)28-33(23,24)31-34(25,26)30-32(20,21)22)4(18)3(17)5(27-8)16-2-15-9-6(16)13-1-14-10(9,12)29-9/h1,3-5,7,15,17-19H,2,11-12H2,(H,23,24)(H,25,26)(H2,20,21,22)/t3-,4+,5-,7+,8+,9-,10+/m1/s1. The van der Waals surface area contributed by atoms with Gasteiger partial charge >= 0.3 is 23.5 Å². The Morgan fingerprint density at radius 3 is 2.44 bits per heavy atom. The van der Waals surface area contributed by atoms with Crippen molar-refractivity contribution in [1.29, 1.82) is 0 Å². The lowest BCUT2D eigenvalue weighted by atomic mass is 10.0. The smallest absolute Gasteiger partial charge is 0.386 e. The third-order valence-electron chi connectivity index (χ3n) is 5.03. The second-order valence-corrected chi connectivity index (χ2v) is 11.7. The van der Waals surface area contributed by atoms with E-state index in [-0.39, 0.29) is 12.5 Å². The fourth-order valence-corrected chi connectivity index (χ4v) is 6.60. The van der Waals surface area contributed by atoms with Gasteiger partial charge in [0, 0.05) is 0 Å². The van der Waals surface area contributed by atoms with E-state index in [0.717, 1.165) is 6.34 Å². The number of ether oxygens (including phenoxy) is 2. The van der Waals surface area contributed by atoms with Crippen LogP contribution in [-0.2, 0) is 36.3 Å². The third-order valence-corrected chi connectivity index (χ3v) is 8.82. The van der Waals surface area contributed by atoms with E-state index in [2.05, 4.69) is 28.4 Å². The number of aliphatic imine (C=N–C) groups is 2. The number of hydrogen-bond acceptors (Lipinski definition) is 17. The maximum atomic E-state index is 12.0. The van der Waals surface area contributed by atoms with Crippen molar-refractivity contribution in [2.75, 3.05) is 6.67 Å². The van der Waals surface area contributed by atoms with Crippen LogP contribution in [0.2, 0.25) is 0 Å². The molecule has 12 N–H and O–H groups in total. The van der Waals surface area contributed by atoms with E-state index in [1.807, 2.05) is 0 Å². The largest absolute Gasteiger partial charge is 0.490 e. The van der Waals surface area contributed by atoms with E-state index in [1.54, 1.807) is 0 Å². The van der Waals surface area contributed by atoms with Gasteiger partial charge in [-0.2, -0.15) is 8.62 Å². The Hall–Kier alpha value is -0.770. The molecule has 0 aliphatic carbocycles. The second-order valence-electron chi connectivity index (χ2n) is 7.33. The number of nitrogens with two attached hydrogens (primary N) is 2. The Balaban J connectivity index is 1.49. The fraction of sp³-hybridized carbons (Fsp3) is 0.800. The topological polar surface area (TPSA) is 334 Å². The average Bonchev–Trinajstić information content (AvgIpc) is 3.01. The highest BCUT2D eigenvalue weighted by molar-refractivity contribution is 7.66. The molecule has 3 saturated heterocycles. The number of nitrogens with zero attached hydrogens (tertiary/aromatic N) is 3. The van der Waals surface area contributed by atoms with Gasteiger partial charge in [-0.05, 0) is 0 Å². The first-order chi connectivity index (χ1) is 15.3. The summed E-state index contributed by atoms with van der Waals surface area (Å²) in [6, 6.07) is 0. The Morgan fingerprint density at radius 1 is 1.18 bits per heavy atom. The van der Waals surface area contributed by atoms with Crippen molar-refractivity contribution in [3.63, 3.8) is 0 Å². The zero-order valence-corrected chi connectivity index (χ0v) is 19.0. The molecule has 0 amide bonds. The molecule has 24 heteroatoms. The molecule has 4 aliphatic heterocycles. The summed E-state index contributed by atoms with van der Waals surface area (Å²) >= 11 is 0. The number of aliphatic hydroxyl groups excluding tert-OH is 3. The van der Waals surface area contributed by atoms with E-state index in [0.29, 0.717) is 0 Å². The lowest BCUT2D eigenvalue weighted by Crippen LogP contribution is -2.60. The normalized spacial score (nSPS) is 43.5. The van der Waals surface area contributed by atoms with Crippen molar-refractivity contribution in [3.05, 3.63) is 0 Å². The summed E-state index contributed by atoms with van der Waals surface area (Å²) in [6.07, 6.45) is -7.47. The summed E-state index contributed by atoms with van der Waals surface area (Å²) in [4.78, 5) is 44.9. The Morgan fingerprint density at radius 2 is 1.82 bits per heavy atom. The van der Waals surface area contributed by atoms with Crippen LogP contribution < -0.4 is 16.8 Å². The zero-order valence-electron chi connectivity index (χ0n) is 16.3. The number of aliphatic hydroxyl groups is 3. The van der Waals surface area contributed by atoms with Gasteiger partial charge in [-0.1, -0.05) is 0 Å². The van der Waals surface area contributed by atoms with Crippen LogP contribution in [0.15, 0.2) is 9.98 Å². The third kappa shape index (κ3) is 4.33. The SMILES string of the molecule is N[C@]1([C@@H](O)OP(=O)(O)OP(=O)(O)OP(=O)(O)O)O[C@@H](N2CN[C@]34O[C@@]3(N)N=CN=C24)[C@H](O)[C@@H]1O. The average molecular weight is 556 g/mol. The molecule has 9 atom stereocenters. The lowest BCUT2D eigenvalue weighted by molar-refractivity contribution is -0.225. The minimum atomic E-state index is -5.90. The summed E-state index contributed by atoms with van der Waals surface area (Å²) < 4.78 is 55.9. The number of epoxide rings is 1. The van der Waals surface area contributed by atoms with Crippen molar-refractivity contribution in [2.24, 2.45) is 21.5 Å². The number of hydrogen-bond donors (Lipinski definition) is 10. The summed E-state index contributed by atoms with van der Waals surface area (Å²) in [5, 5.41) is 33.9. The maximum Gasteiger partial charge on any atom is 0.490 e. The number of phosphoric acid groups is 3. The molecule has 0 saturated carbocycles. The molecule has 0 bridgehead atoms. The van der Waals surface area contributed by atoms with E-state index in [4.69, 9.17) is 30.7 Å². The molecule has 2 unspecified atom stereocenters. The number of nitrogens with one attached hydrogen (secondary N) is 1. The zero-order chi connectivity index (χ0) is 25.5. The minimum absolute atomic E-state index is 0.0628. The molecule has 3 fully saturated rings. The van der Waals surface area contributed by atoms with Gasteiger partial charge in [0.15, 0.2) is 17.8 Å². The molecule has 4 aliphatic rings. The number of phosphoric ester groups is 1. The van der Waals surface area contributed by atoms with E-state index >= 15 is 0 Å². The van der Waals surface area contributed by atoms with Gasteiger partial charge in [-0.15, -0.1) is 0 Å². The van der Waals surface area contributed by atoms with Crippen molar-refractivity contribution < 1.29 is 71.2 Å². The molecule has 4 rings (SSSR count). The second kappa shape index (κ2) is 7.86. The molecule has 0 aromatic rings. The van der Waals surface area contributed by atoms with Crippen LogP contribution in [0.5, 0.6) is 0 Å². The van der Waals surface area contributed by atoms with Gasteiger partial charge in [0.05, 0.1) is 6.67 Å². The van der Waals surface area contributed by atoms with Crippen molar-refractivity contribution in [1.82, 2.24) is 10.2 Å². The Kier molecular flexibility index (Phi) is 6.08. The molecular weight excluding hydrogens is 537 g/mol. The van der Waals surface area contributed by atoms with Crippen LogP contribution in [0.1, 0.15) is 0 Å². The van der Waals surface area contributed by atoms with Crippen LogP contribution in [0.25, 0.3) is 0 Å². The highest BCUT2D eigenvalue weighted by Gasteiger charge is 2.78. The monoisotopic (exact) mass is 556 g/mol. The summed E-state index contributed by atoms with van der Waals surface area (Å²) in [5.41, 5.74) is 7.44. The molecule has 34 heavy (non-hydrogen) atoms. The summed E-state index contributed by atoms with van der Waals surface area (Å²) in [6.45, 7) is -0.141. The van der Waals surface area contributed by atoms with Gasteiger partial charge in [-0.3, -0.25) is 21.3 Å².